The maximum atomic E-state index is 12.9. The Bertz CT molecular complexity index is 1250. The first-order valence-electron chi connectivity index (χ1n) is 12.0. The van der Waals surface area contributed by atoms with Crippen LogP contribution in [-0.4, -0.2) is 50.5 Å². The summed E-state index contributed by atoms with van der Waals surface area (Å²) >= 11 is 6.20. The Hall–Kier alpha value is -2.80. The fourth-order valence-corrected chi connectivity index (χ4v) is 5.91. The maximum absolute atomic E-state index is 12.9. The van der Waals surface area contributed by atoms with Gasteiger partial charge in [0.1, 0.15) is 0 Å². The van der Waals surface area contributed by atoms with E-state index in [-0.39, 0.29) is 33.3 Å². The minimum absolute atomic E-state index is 0.0989. The van der Waals surface area contributed by atoms with Crippen molar-refractivity contribution < 1.29 is 23.9 Å². The van der Waals surface area contributed by atoms with Gasteiger partial charge in [0.25, 0.3) is 0 Å². The first kappa shape index (κ1) is 28.8. The third-order valence-corrected chi connectivity index (χ3v) is 8.31. The zero-order valence-corrected chi connectivity index (χ0v) is 24.5. The second-order valence-electron chi connectivity index (χ2n) is 9.76. The molecule has 1 aromatic carbocycles. The second kappa shape index (κ2) is 12.2. The third-order valence-electron chi connectivity index (χ3n) is 5.93. The van der Waals surface area contributed by atoms with E-state index >= 15 is 0 Å². The summed E-state index contributed by atoms with van der Waals surface area (Å²) in [6, 6.07) is 7.82. The molecule has 0 spiro atoms. The number of carbonyl (C=O) groups is 3. The van der Waals surface area contributed by atoms with Crippen LogP contribution in [0.25, 0.3) is 6.08 Å². The first-order valence-corrected chi connectivity index (χ1v) is 14.5. The number of nitrogens with one attached hydrogen (secondary N) is 2. The van der Waals surface area contributed by atoms with E-state index in [9.17, 15) is 14.4 Å². The quantitative estimate of drug-likeness (QED) is 0.327. The molecule has 1 amide bonds. The SMILES string of the molecule is COC(=O)CCc1c(C(=O)OC(C)(C)C)[nH]c(/C=C2\NC(=O)C(CC[Se]c3ccc(Cl)cc3)=C2C)c1C. The summed E-state index contributed by atoms with van der Waals surface area (Å²) < 4.78 is 11.6. The molecular formula is C28H33ClN2O5Se. The van der Waals surface area contributed by atoms with Crippen LogP contribution in [0.4, 0.5) is 0 Å². The van der Waals surface area contributed by atoms with Gasteiger partial charge in [-0.2, -0.15) is 0 Å². The minimum atomic E-state index is -0.671. The van der Waals surface area contributed by atoms with Crippen molar-refractivity contribution >= 4 is 54.9 Å². The van der Waals surface area contributed by atoms with Crippen LogP contribution in [0, 0.1) is 6.92 Å². The number of amides is 1. The first-order chi connectivity index (χ1) is 17.4. The van der Waals surface area contributed by atoms with E-state index in [0.717, 1.165) is 22.0 Å². The van der Waals surface area contributed by atoms with E-state index in [4.69, 9.17) is 21.1 Å². The number of methoxy groups -OCH3 is 1. The van der Waals surface area contributed by atoms with Crippen LogP contribution in [0.1, 0.15) is 67.8 Å². The number of hydrogen-bond acceptors (Lipinski definition) is 5. The van der Waals surface area contributed by atoms with Crippen molar-refractivity contribution in [2.45, 2.75) is 64.8 Å². The van der Waals surface area contributed by atoms with Gasteiger partial charge in [-0.15, -0.1) is 0 Å². The number of carbonyl (C=O) groups excluding carboxylic acids is 3. The molecule has 1 aromatic heterocycles. The third kappa shape index (κ3) is 7.60. The standard InChI is InChI=1S/C28H33ClN2O5Se/c1-16-20(11-12-24(32)35-6)25(27(34)36-28(3,4)5)30-22(16)15-23-17(2)21(26(33)31-23)13-14-37-19-9-7-18(29)8-10-19/h7-10,15,30H,11-14H2,1-6H3,(H,31,33)/b23-15-. The molecule has 3 rings (SSSR count). The number of halogens is 1. The molecule has 0 fully saturated rings. The Labute approximate surface area is 229 Å². The van der Waals surface area contributed by atoms with Crippen molar-refractivity contribution in [1.82, 2.24) is 10.3 Å². The average Bonchev–Trinajstić information content (AvgIpc) is 3.28. The van der Waals surface area contributed by atoms with Crippen molar-refractivity contribution in [1.29, 1.82) is 0 Å². The molecule has 2 aromatic rings. The van der Waals surface area contributed by atoms with E-state index in [1.807, 2.05) is 44.2 Å². The summed E-state index contributed by atoms with van der Waals surface area (Å²) in [6.45, 7) is 9.22. The normalized spacial score (nSPS) is 14.8. The monoisotopic (exact) mass is 592 g/mol. The summed E-state index contributed by atoms with van der Waals surface area (Å²) in [5.74, 6) is -0.951. The van der Waals surface area contributed by atoms with Gasteiger partial charge in [0.05, 0.1) is 7.11 Å². The number of allylic oxidation sites excluding steroid dienone is 1. The summed E-state index contributed by atoms with van der Waals surface area (Å²) in [4.78, 5) is 40.7. The van der Waals surface area contributed by atoms with Crippen LogP contribution in [0.2, 0.25) is 10.3 Å². The Morgan fingerprint density at radius 3 is 2.41 bits per heavy atom. The number of H-pyrrole nitrogens is 1. The van der Waals surface area contributed by atoms with Crippen LogP contribution in [-0.2, 0) is 25.5 Å². The molecule has 0 saturated carbocycles. The van der Waals surface area contributed by atoms with Gasteiger partial charge in [-0.1, -0.05) is 0 Å². The number of esters is 2. The topological polar surface area (TPSA) is 97.5 Å². The van der Waals surface area contributed by atoms with Crippen LogP contribution in [0.15, 0.2) is 41.1 Å². The molecule has 0 unspecified atom stereocenters. The molecule has 2 heterocycles. The predicted molar refractivity (Wildman–Crippen MR) is 146 cm³/mol. The van der Waals surface area contributed by atoms with Crippen molar-refractivity contribution in [3.05, 3.63) is 68.6 Å². The predicted octanol–water partition coefficient (Wildman–Crippen LogP) is 4.66. The van der Waals surface area contributed by atoms with Gasteiger partial charge in [0.15, 0.2) is 0 Å². The summed E-state index contributed by atoms with van der Waals surface area (Å²) in [7, 11) is 1.34. The summed E-state index contributed by atoms with van der Waals surface area (Å²) in [5.41, 5.74) is 4.18. The number of aromatic amines is 1. The van der Waals surface area contributed by atoms with Crippen molar-refractivity contribution in [2.24, 2.45) is 0 Å². The van der Waals surface area contributed by atoms with E-state index in [1.54, 1.807) is 20.8 Å². The number of ether oxygens (including phenoxy) is 2. The summed E-state index contributed by atoms with van der Waals surface area (Å²) in [6.07, 6.45) is 2.98. The molecule has 37 heavy (non-hydrogen) atoms. The number of aromatic nitrogens is 1. The van der Waals surface area contributed by atoms with Crippen LogP contribution < -0.4 is 9.78 Å². The molecule has 0 aliphatic carbocycles. The number of rotatable bonds is 9. The summed E-state index contributed by atoms with van der Waals surface area (Å²) in [5, 5.41) is 4.58. The van der Waals surface area contributed by atoms with Gasteiger partial charge in [0.2, 0.25) is 0 Å². The molecule has 198 valence electrons. The Morgan fingerprint density at radius 2 is 1.78 bits per heavy atom. The van der Waals surface area contributed by atoms with Crippen LogP contribution in [0.3, 0.4) is 0 Å². The molecule has 0 bridgehead atoms. The van der Waals surface area contributed by atoms with Gasteiger partial charge in [0, 0.05) is 0 Å². The molecule has 1 aliphatic heterocycles. The van der Waals surface area contributed by atoms with E-state index in [1.165, 1.54) is 11.6 Å². The molecule has 0 radical (unpaired) electrons. The second-order valence-corrected chi connectivity index (χ2v) is 12.7. The van der Waals surface area contributed by atoms with E-state index < -0.39 is 11.6 Å². The number of benzene rings is 1. The molecule has 0 atom stereocenters. The van der Waals surface area contributed by atoms with Gasteiger partial charge < -0.3 is 4.74 Å². The number of hydrogen-bond donors (Lipinski definition) is 2. The molecule has 0 saturated heterocycles. The van der Waals surface area contributed by atoms with Crippen molar-refractivity contribution in [3.8, 4) is 0 Å². The molecule has 2 N–H and O–H groups in total. The van der Waals surface area contributed by atoms with Gasteiger partial charge in [-0.25, -0.2) is 0 Å². The van der Waals surface area contributed by atoms with Gasteiger partial charge in [-0.05, 0) is 20.8 Å². The van der Waals surface area contributed by atoms with E-state index in [2.05, 4.69) is 10.3 Å². The molecule has 7 nitrogen and oxygen atoms in total. The van der Waals surface area contributed by atoms with Gasteiger partial charge in [-0.3, -0.25) is 4.79 Å². The Kier molecular flexibility index (Phi) is 9.46. The molecular weight excluding hydrogens is 559 g/mol. The van der Waals surface area contributed by atoms with Crippen molar-refractivity contribution in [3.63, 3.8) is 0 Å². The fraction of sp³-hybridized carbons (Fsp3) is 0.393. The Morgan fingerprint density at radius 1 is 1.11 bits per heavy atom. The fourth-order valence-electron chi connectivity index (χ4n) is 3.96. The zero-order valence-electron chi connectivity index (χ0n) is 22.0. The van der Waals surface area contributed by atoms with E-state index in [0.29, 0.717) is 40.5 Å². The molecule has 9 heteroatoms. The van der Waals surface area contributed by atoms with Gasteiger partial charge >= 0.3 is 192 Å². The van der Waals surface area contributed by atoms with Crippen LogP contribution in [0.5, 0.6) is 0 Å². The zero-order chi connectivity index (χ0) is 27.3. The average molecular weight is 592 g/mol. The molecule has 1 aliphatic rings. The van der Waals surface area contributed by atoms with Crippen molar-refractivity contribution in [2.75, 3.05) is 7.11 Å². The Balaban J connectivity index is 1.85. The van der Waals surface area contributed by atoms with Crippen LogP contribution >= 0.6 is 11.6 Å².